The van der Waals surface area contributed by atoms with Crippen LogP contribution in [0.3, 0.4) is 0 Å². The summed E-state index contributed by atoms with van der Waals surface area (Å²) in [5.41, 5.74) is 0.928. The molecule has 0 radical (unpaired) electrons. The topological polar surface area (TPSA) is 72.2 Å². The molecule has 106 valence electrons. The summed E-state index contributed by atoms with van der Waals surface area (Å²) in [5, 5.41) is 10.1. The molecule has 2 aromatic rings. The third-order valence-corrected chi connectivity index (χ3v) is 4.38. The average molecular weight is 292 g/mol. The Morgan fingerprint density at radius 2 is 2.05 bits per heavy atom. The summed E-state index contributed by atoms with van der Waals surface area (Å²) in [4.78, 5) is 28.9. The first-order valence-corrected chi connectivity index (χ1v) is 7.03. The van der Waals surface area contributed by atoms with Crippen LogP contribution in [0.2, 0.25) is 0 Å². The number of carbonyl (C=O) groups is 1. The number of carboxylic acid groups (broad SMARTS) is 1. The molecule has 0 saturated carbocycles. The summed E-state index contributed by atoms with van der Waals surface area (Å²) in [5.74, 6) is -1.02. The number of pyridine rings is 1. The number of aromatic nitrogens is 2. The lowest BCUT2D eigenvalue weighted by Gasteiger charge is -2.18. The molecule has 5 nitrogen and oxygen atoms in total. The largest absolute Gasteiger partial charge is 0.478 e. The Bertz CT molecular complexity index is 731. The van der Waals surface area contributed by atoms with E-state index < -0.39 is 5.97 Å². The number of nitrogens with zero attached hydrogens (tertiary/aromatic N) is 2. The van der Waals surface area contributed by atoms with Crippen LogP contribution in [-0.4, -0.2) is 20.6 Å². The standard InChI is InChI=1S/C14H16N2O3S/c1-7-5-11(17)16(9(3)12(7)14(18)19)10(4)13-15-6-8(2)20-13/h5-6,10H,1-4H3,(H,18,19). The van der Waals surface area contributed by atoms with E-state index >= 15 is 0 Å². The van der Waals surface area contributed by atoms with Gasteiger partial charge in [0.1, 0.15) is 5.01 Å². The quantitative estimate of drug-likeness (QED) is 0.943. The van der Waals surface area contributed by atoms with Gasteiger partial charge in [0, 0.05) is 22.8 Å². The van der Waals surface area contributed by atoms with Gasteiger partial charge in [0.05, 0.1) is 11.6 Å². The first-order chi connectivity index (χ1) is 9.32. The highest BCUT2D eigenvalue weighted by Gasteiger charge is 2.21. The second-order valence-electron chi connectivity index (χ2n) is 4.79. The Morgan fingerprint density at radius 3 is 2.55 bits per heavy atom. The lowest BCUT2D eigenvalue weighted by atomic mass is 10.1. The molecule has 0 amide bonds. The molecule has 2 rings (SSSR count). The van der Waals surface area contributed by atoms with Gasteiger partial charge < -0.3 is 9.67 Å². The Labute approximate surface area is 120 Å². The second-order valence-corrected chi connectivity index (χ2v) is 6.05. The SMILES string of the molecule is Cc1cnc(C(C)n2c(C)c(C(=O)O)c(C)cc2=O)s1. The maximum atomic E-state index is 12.2. The number of hydrogen-bond donors (Lipinski definition) is 1. The van der Waals surface area contributed by atoms with E-state index in [1.54, 1.807) is 20.0 Å². The van der Waals surface area contributed by atoms with Crippen molar-refractivity contribution in [3.63, 3.8) is 0 Å². The van der Waals surface area contributed by atoms with Crippen molar-refractivity contribution in [1.29, 1.82) is 0 Å². The highest BCUT2D eigenvalue weighted by Crippen LogP contribution is 2.24. The summed E-state index contributed by atoms with van der Waals surface area (Å²) in [6.45, 7) is 7.10. The van der Waals surface area contributed by atoms with Crippen LogP contribution in [0.25, 0.3) is 0 Å². The van der Waals surface area contributed by atoms with E-state index in [0.717, 1.165) is 9.88 Å². The smallest absolute Gasteiger partial charge is 0.337 e. The molecule has 20 heavy (non-hydrogen) atoms. The summed E-state index contributed by atoms with van der Waals surface area (Å²) in [6.07, 6.45) is 1.75. The summed E-state index contributed by atoms with van der Waals surface area (Å²) in [6, 6.07) is 1.09. The molecule has 0 aromatic carbocycles. The van der Waals surface area contributed by atoms with Crippen molar-refractivity contribution >= 4 is 17.3 Å². The zero-order chi connectivity index (χ0) is 15.0. The van der Waals surface area contributed by atoms with Crippen molar-refractivity contribution in [2.75, 3.05) is 0 Å². The maximum absolute atomic E-state index is 12.2. The van der Waals surface area contributed by atoms with Gasteiger partial charge in [-0.05, 0) is 33.3 Å². The Morgan fingerprint density at radius 1 is 1.40 bits per heavy atom. The third kappa shape index (κ3) is 2.38. The first kappa shape index (κ1) is 14.5. The van der Waals surface area contributed by atoms with Gasteiger partial charge in [0.15, 0.2) is 0 Å². The number of carboxylic acids is 1. The van der Waals surface area contributed by atoms with Crippen molar-refractivity contribution in [2.24, 2.45) is 0 Å². The number of aryl methyl sites for hydroxylation is 2. The van der Waals surface area contributed by atoms with Gasteiger partial charge in [-0.3, -0.25) is 4.79 Å². The zero-order valence-corrected chi connectivity index (χ0v) is 12.6. The summed E-state index contributed by atoms with van der Waals surface area (Å²) >= 11 is 1.51. The van der Waals surface area contributed by atoms with Crippen molar-refractivity contribution < 1.29 is 9.90 Å². The highest BCUT2D eigenvalue weighted by molar-refractivity contribution is 7.11. The molecular formula is C14H16N2O3S. The summed E-state index contributed by atoms with van der Waals surface area (Å²) < 4.78 is 1.49. The van der Waals surface area contributed by atoms with Gasteiger partial charge in [-0.2, -0.15) is 0 Å². The Kier molecular flexibility index (Phi) is 3.76. The Balaban J connectivity index is 2.65. The minimum Gasteiger partial charge on any atom is -0.478 e. The van der Waals surface area contributed by atoms with Crippen LogP contribution in [0.15, 0.2) is 17.1 Å². The van der Waals surface area contributed by atoms with Crippen LogP contribution >= 0.6 is 11.3 Å². The maximum Gasteiger partial charge on any atom is 0.337 e. The van der Waals surface area contributed by atoms with Crippen LogP contribution in [0, 0.1) is 20.8 Å². The van der Waals surface area contributed by atoms with Gasteiger partial charge in [-0.1, -0.05) is 0 Å². The van der Waals surface area contributed by atoms with E-state index in [1.807, 2.05) is 13.8 Å². The van der Waals surface area contributed by atoms with Crippen molar-refractivity contribution in [3.05, 3.63) is 49.3 Å². The van der Waals surface area contributed by atoms with E-state index in [0.29, 0.717) is 11.3 Å². The Hall–Kier alpha value is -1.95. The normalized spacial score (nSPS) is 12.4. The molecule has 2 heterocycles. The molecular weight excluding hydrogens is 276 g/mol. The molecule has 0 spiro atoms. The fraction of sp³-hybridized carbons (Fsp3) is 0.357. The van der Waals surface area contributed by atoms with Crippen molar-refractivity contribution in [1.82, 2.24) is 9.55 Å². The molecule has 0 aliphatic heterocycles. The molecule has 1 unspecified atom stereocenters. The third-order valence-electron chi connectivity index (χ3n) is 3.29. The van der Waals surface area contributed by atoms with Crippen molar-refractivity contribution in [2.45, 2.75) is 33.7 Å². The first-order valence-electron chi connectivity index (χ1n) is 6.21. The predicted octanol–water partition coefficient (Wildman–Crippen LogP) is 2.54. The van der Waals surface area contributed by atoms with E-state index in [4.69, 9.17) is 0 Å². The van der Waals surface area contributed by atoms with E-state index in [-0.39, 0.29) is 17.2 Å². The summed E-state index contributed by atoms with van der Waals surface area (Å²) in [7, 11) is 0. The van der Waals surface area contributed by atoms with Crippen LogP contribution in [-0.2, 0) is 0 Å². The van der Waals surface area contributed by atoms with Gasteiger partial charge in [0.25, 0.3) is 5.56 Å². The zero-order valence-electron chi connectivity index (χ0n) is 11.8. The second kappa shape index (κ2) is 5.20. The molecule has 0 fully saturated rings. The van der Waals surface area contributed by atoms with Crippen LogP contribution in [0.4, 0.5) is 0 Å². The van der Waals surface area contributed by atoms with Crippen molar-refractivity contribution in [3.8, 4) is 0 Å². The van der Waals surface area contributed by atoms with Crippen LogP contribution in [0.1, 0.15) is 44.5 Å². The molecule has 0 aliphatic carbocycles. The molecule has 1 atom stereocenters. The fourth-order valence-electron chi connectivity index (χ4n) is 2.38. The van der Waals surface area contributed by atoms with Crippen LogP contribution < -0.4 is 5.56 Å². The highest BCUT2D eigenvalue weighted by atomic mass is 32.1. The van der Waals surface area contributed by atoms with E-state index in [2.05, 4.69) is 4.98 Å². The number of thiazole rings is 1. The molecule has 0 bridgehead atoms. The fourth-order valence-corrected chi connectivity index (χ4v) is 3.20. The van der Waals surface area contributed by atoms with Gasteiger partial charge in [0.2, 0.25) is 0 Å². The molecule has 2 aromatic heterocycles. The monoisotopic (exact) mass is 292 g/mol. The molecule has 0 aliphatic rings. The van der Waals surface area contributed by atoms with Gasteiger partial charge in [-0.25, -0.2) is 9.78 Å². The van der Waals surface area contributed by atoms with Crippen LogP contribution in [0.5, 0.6) is 0 Å². The van der Waals surface area contributed by atoms with Gasteiger partial charge in [-0.15, -0.1) is 11.3 Å². The minimum absolute atomic E-state index is 0.185. The molecule has 0 saturated heterocycles. The predicted molar refractivity (Wildman–Crippen MR) is 77.8 cm³/mol. The number of rotatable bonds is 3. The lowest BCUT2D eigenvalue weighted by molar-refractivity contribution is 0.0694. The molecule has 1 N–H and O–H groups in total. The van der Waals surface area contributed by atoms with Gasteiger partial charge >= 0.3 is 5.97 Å². The lowest BCUT2D eigenvalue weighted by Crippen LogP contribution is -2.28. The number of aromatic carboxylic acids is 1. The molecule has 6 heteroatoms. The minimum atomic E-state index is -1.02. The van der Waals surface area contributed by atoms with E-state index in [9.17, 15) is 14.7 Å². The number of hydrogen-bond acceptors (Lipinski definition) is 4. The average Bonchev–Trinajstić information content (AvgIpc) is 2.74. The van der Waals surface area contributed by atoms with E-state index in [1.165, 1.54) is 22.0 Å².